The van der Waals surface area contributed by atoms with Gasteiger partial charge in [0.05, 0.1) is 10.7 Å². The van der Waals surface area contributed by atoms with Crippen LogP contribution in [0.25, 0.3) is 0 Å². The van der Waals surface area contributed by atoms with Crippen LogP contribution in [-0.4, -0.2) is 21.5 Å². The maximum absolute atomic E-state index is 13.7. The topological polar surface area (TPSA) is 50.7 Å². The summed E-state index contributed by atoms with van der Waals surface area (Å²) >= 11 is 4.54. The molecule has 0 aliphatic rings. The maximum atomic E-state index is 13.7. The lowest BCUT2D eigenvalue weighted by atomic mass is 10.5. The predicted molar refractivity (Wildman–Crippen MR) is 76.8 cm³/mol. The number of rotatable bonds is 5. The molecule has 2 heterocycles. The largest absolute Gasteiger partial charge is 0.354 e. The molecule has 0 fully saturated rings. The van der Waals surface area contributed by atoms with Crippen LogP contribution in [0.2, 0.25) is 0 Å². The SMILES string of the molecule is CCCNc1ncc(F)c(Sc2ncccc2Br)n1. The third-order valence-corrected chi connectivity index (χ3v) is 4.06. The first kappa shape index (κ1) is 14.2. The van der Waals surface area contributed by atoms with Gasteiger partial charge in [-0.05, 0) is 46.2 Å². The molecule has 0 amide bonds. The van der Waals surface area contributed by atoms with E-state index in [1.165, 1.54) is 6.20 Å². The smallest absolute Gasteiger partial charge is 0.223 e. The van der Waals surface area contributed by atoms with Crippen molar-refractivity contribution in [3.05, 3.63) is 34.8 Å². The molecule has 2 aromatic rings. The van der Waals surface area contributed by atoms with E-state index in [4.69, 9.17) is 0 Å². The zero-order valence-corrected chi connectivity index (χ0v) is 12.6. The maximum Gasteiger partial charge on any atom is 0.223 e. The molecule has 100 valence electrons. The predicted octanol–water partition coefficient (Wildman–Crippen LogP) is 3.75. The van der Waals surface area contributed by atoms with Gasteiger partial charge in [0.25, 0.3) is 0 Å². The standard InChI is InChI=1S/C12H12BrFN4S/c1-2-5-16-12-17-7-9(14)11(18-12)19-10-8(13)4-3-6-15-10/h3-4,6-7H,2,5H2,1H3,(H,16,17,18). The molecule has 2 aromatic heterocycles. The normalized spacial score (nSPS) is 10.5. The van der Waals surface area contributed by atoms with Gasteiger partial charge < -0.3 is 5.32 Å². The van der Waals surface area contributed by atoms with Crippen LogP contribution < -0.4 is 5.32 Å². The Kier molecular flexibility index (Phi) is 5.09. The van der Waals surface area contributed by atoms with Crippen molar-refractivity contribution >= 4 is 33.6 Å². The van der Waals surface area contributed by atoms with Crippen LogP contribution in [-0.2, 0) is 0 Å². The molecule has 0 aliphatic heterocycles. The van der Waals surface area contributed by atoms with E-state index >= 15 is 0 Å². The fourth-order valence-corrected chi connectivity index (χ4v) is 2.53. The van der Waals surface area contributed by atoms with Gasteiger partial charge in [-0.15, -0.1) is 0 Å². The van der Waals surface area contributed by atoms with Crippen LogP contribution in [0.3, 0.4) is 0 Å². The van der Waals surface area contributed by atoms with Gasteiger partial charge in [-0.3, -0.25) is 0 Å². The average molecular weight is 343 g/mol. The lowest BCUT2D eigenvalue weighted by Gasteiger charge is -2.06. The lowest BCUT2D eigenvalue weighted by Crippen LogP contribution is -2.05. The first-order chi connectivity index (χ1) is 9.20. The third kappa shape index (κ3) is 3.87. The molecule has 0 bridgehead atoms. The molecule has 19 heavy (non-hydrogen) atoms. The molecule has 4 nitrogen and oxygen atoms in total. The number of halogens is 2. The highest BCUT2D eigenvalue weighted by atomic mass is 79.9. The van der Waals surface area contributed by atoms with Gasteiger partial charge in [0.1, 0.15) is 10.1 Å². The van der Waals surface area contributed by atoms with E-state index in [-0.39, 0.29) is 5.03 Å². The summed E-state index contributed by atoms with van der Waals surface area (Å²) in [6, 6.07) is 3.66. The van der Waals surface area contributed by atoms with Gasteiger partial charge in [0, 0.05) is 12.7 Å². The summed E-state index contributed by atoms with van der Waals surface area (Å²) in [6.45, 7) is 2.79. The monoisotopic (exact) mass is 342 g/mol. The number of nitrogens with zero attached hydrogens (tertiary/aromatic N) is 3. The van der Waals surface area contributed by atoms with Crippen LogP contribution in [0.4, 0.5) is 10.3 Å². The summed E-state index contributed by atoms with van der Waals surface area (Å²) < 4.78 is 14.5. The van der Waals surface area contributed by atoms with E-state index in [0.717, 1.165) is 29.2 Å². The van der Waals surface area contributed by atoms with Crippen molar-refractivity contribution in [2.45, 2.75) is 23.4 Å². The van der Waals surface area contributed by atoms with E-state index < -0.39 is 5.82 Å². The van der Waals surface area contributed by atoms with Gasteiger partial charge in [-0.1, -0.05) is 6.92 Å². The second-order valence-electron chi connectivity index (χ2n) is 3.67. The highest BCUT2D eigenvalue weighted by Crippen LogP contribution is 2.31. The van der Waals surface area contributed by atoms with Gasteiger partial charge in [0.2, 0.25) is 5.95 Å². The number of anilines is 1. The molecule has 0 atom stereocenters. The lowest BCUT2D eigenvalue weighted by molar-refractivity contribution is 0.579. The molecule has 0 unspecified atom stereocenters. The summed E-state index contributed by atoms with van der Waals surface area (Å²) in [7, 11) is 0. The summed E-state index contributed by atoms with van der Waals surface area (Å²) in [4.78, 5) is 12.2. The fraction of sp³-hybridized carbons (Fsp3) is 0.250. The van der Waals surface area contributed by atoms with E-state index in [1.807, 2.05) is 13.0 Å². The number of pyridine rings is 1. The second kappa shape index (κ2) is 6.81. The minimum absolute atomic E-state index is 0.257. The fourth-order valence-electron chi connectivity index (χ4n) is 1.28. The molecule has 0 saturated heterocycles. The van der Waals surface area contributed by atoms with Gasteiger partial charge in [-0.25, -0.2) is 19.3 Å². The Hall–Kier alpha value is -1.21. The minimum atomic E-state index is -0.454. The average Bonchev–Trinajstić information content (AvgIpc) is 2.42. The van der Waals surface area contributed by atoms with Crippen LogP contribution in [0.5, 0.6) is 0 Å². The molecule has 2 rings (SSSR count). The van der Waals surface area contributed by atoms with Crippen LogP contribution >= 0.6 is 27.7 Å². The zero-order valence-electron chi connectivity index (χ0n) is 10.2. The van der Waals surface area contributed by atoms with Crippen molar-refractivity contribution in [1.82, 2.24) is 15.0 Å². The molecular formula is C12H12BrFN4S. The molecule has 0 aromatic carbocycles. The van der Waals surface area contributed by atoms with Crippen molar-refractivity contribution in [2.75, 3.05) is 11.9 Å². The zero-order chi connectivity index (χ0) is 13.7. The van der Waals surface area contributed by atoms with Gasteiger partial charge in [0.15, 0.2) is 5.82 Å². The van der Waals surface area contributed by atoms with Crippen molar-refractivity contribution in [2.24, 2.45) is 0 Å². The molecule has 7 heteroatoms. The minimum Gasteiger partial charge on any atom is -0.354 e. The molecule has 0 spiro atoms. The van der Waals surface area contributed by atoms with E-state index in [1.54, 1.807) is 12.3 Å². The number of hydrogen-bond acceptors (Lipinski definition) is 5. The van der Waals surface area contributed by atoms with Gasteiger partial charge in [-0.2, -0.15) is 0 Å². The van der Waals surface area contributed by atoms with Crippen molar-refractivity contribution in [1.29, 1.82) is 0 Å². The summed E-state index contributed by atoms with van der Waals surface area (Å²) in [5.74, 6) is -0.0256. The Labute approximate surface area is 123 Å². The molecule has 1 N–H and O–H groups in total. The van der Waals surface area contributed by atoms with E-state index in [9.17, 15) is 4.39 Å². The first-order valence-corrected chi connectivity index (χ1v) is 7.36. The second-order valence-corrected chi connectivity index (χ2v) is 5.50. The molecular weight excluding hydrogens is 331 g/mol. The van der Waals surface area contributed by atoms with E-state index in [0.29, 0.717) is 11.0 Å². The van der Waals surface area contributed by atoms with Crippen LogP contribution in [0.1, 0.15) is 13.3 Å². The number of aromatic nitrogens is 3. The van der Waals surface area contributed by atoms with E-state index in [2.05, 4.69) is 36.2 Å². The van der Waals surface area contributed by atoms with Crippen LogP contribution in [0.15, 0.2) is 39.1 Å². The third-order valence-electron chi connectivity index (χ3n) is 2.16. The molecule has 0 saturated carbocycles. The van der Waals surface area contributed by atoms with Crippen molar-refractivity contribution < 1.29 is 4.39 Å². The van der Waals surface area contributed by atoms with Crippen molar-refractivity contribution in [3.63, 3.8) is 0 Å². The summed E-state index contributed by atoms with van der Waals surface area (Å²) in [5.41, 5.74) is 0. The number of nitrogens with one attached hydrogen (secondary N) is 1. The Morgan fingerprint density at radius 3 is 2.95 bits per heavy atom. The summed E-state index contributed by atoms with van der Waals surface area (Å²) in [6.07, 6.45) is 3.78. The highest BCUT2D eigenvalue weighted by Gasteiger charge is 2.11. The molecule has 0 aliphatic carbocycles. The summed E-state index contributed by atoms with van der Waals surface area (Å²) in [5, 5.41) is 3.95. The highest BCUT2D eigenvalue weighted by molar-refractivity contribution is 9.10. The number of hydrogen-bond donors (Lipinski definition) is 1. The van der Waals surface area contributed by atoms with Crippen molar-refractivity contribution in [3.8, 4) is 0 Å². The first-order valence-electron chi connectivity index (χ1n) is 5.75. The Morgan fingerprint density at radius 1 is 1.37 bits per heavy atom. The Balaban J connectivity index is 2.21. The Bertz CT molecular complexity index is 567. The van der Waals surface area contributed by atoms with Gasteiger partial charge >= 0.3 is 0 Å². The van der Waals surface area contributed by atoms with Crippen LogP contribution in [0, 0.1) is 5.82 Å². The quantitative estimate of drug-likeness (QED) is 0.838. The Morgan fingerprint density at radius 2 is 2.21 bits per heavy atom. The molecule has 0 radical (unpaired) electrons.